The van der Waals surface area contributed by atoms with Gasteiger partial charge in [0.15, 0.2) is 0 Å². The zero-order valence-corrected chi connectivity index (χ0v) is 11.1. The minimum atomic E-state index is -0.0751. The largest absolute Gasteiger partial charge is 0.464 e. The van der Waals surface area contributed by atoms with Crippen LogP contribution in [-0.4, -0.2) is 43.4 Å². The Hall–Kier alpha value is -1.36. The van der Waals surface area contributed by atoms with Gasteiger partial charge in [0.25, 0.3) is 0 Å². The van der Waals surface area contributed by atoms with E-state index in [1.165, 1.54) is 5.56 Å². The molecule has 0 aliphatic carbocycles. The summed E-state index contributed by atoms with van der Waals surface area (Å²) in [5.74, 6) is 0. The molecule has 1 N–H and O–H groups in total. The Morgan fingerprint density at radius 2 is 2.11 bits per heavy atom. The molecule has 102 valence electrons. The molecule has 0 atom stereocenters. The first kappa shape index (κ1) is 12.7. The van der Waals surface area contributed by atoms with Gasteiger partial charge in [-0.3, -0.25) is 0 Å². The highest BCUT2D eigenvalue weighted by atomic mass is 16.5. The van der Waals surface area contributed by atoms with Gasteiger partial charge in [-0.1, -0.05) is 18.2 Å². The lowest BCUT2D eigenvalue weighted by Crippen LogP contribution is -2.52. The highest BCUT2D eigenvalue weighted by molar-refractivity contribution is 5.80. The number of aliphatic hydroxyl groups is 1. The standard InChI is InChI=1S/C15H19NO3/c1-16(8-15(9-17)10-18-11-15)6-12-7-19-14-5-3-2-4-13(12)14/h2-5,7,17H,6,8-11H2,1H3. The van der Waals surface area contributed by atoms with E-state index in [1.54, 1.807) is 0 Å². The van der Waals surface area contributed by atoms with Crippen LogP contribution in [-0.2, 0) is 11.3 Å². The van der Waals surface area contributed by atoms with Crippen molar-refractivity contribution < 1.29 is 14.3 Å². The molecule has 0 amide bonds. The van der Waals surface area contributed by atoms with Crippen molar-refractivity contribution in [2.24, 2.45) is 5.41 Å². The number of furan rings is 1. The molecular formula is C15H19NO3. The first-order valence-electron chi connectivity index (χ1n) is 6.55. The van der Waals surface area contributed by atoms with Crippen LogP contribution < -0.4 is 0 Å². The summed E-state index contributed by atoms with van der Waals surface area (Å²) in [6.45, 7) is 3.14. The second kappa shape index (κ2) is 4.96. The number of benzene rings is 1. The predicted molar refractivity (Wildman–Crippen MR) is 72.9 cm³/mol. The van der Waals surface area contributed by atoms with Crippen LogP contribution in [0.15, 0.2) is 34.9 Å². The Balaban J connectivity index is 1.70. The summed E-state index contributed by atoms with van der Waals surface area (Å²) in [6, 6.07) is 8.06. The third-order valence-corrected chi connectivity index (χ3v) is 3.76. The highest BCUT2D eigenvalue weighted by Crippen LogP contribution is 2.29. The van der Waals surface area contributed by atoms with E-state index >= 15 is 0 Å². The molecule has 0 radical (unpaired) electrons. The fourth-order valence-electron chi connectivity index (χ4n) is 2.70. The minimum absolute atomic E-state index is 0.0751. The van der Waals surface area contributed by atoms with Crippen molar-refractivity contribution in [2.45, 2.75) is 6.54 Å². The number of aliphatic hydroxyl groups excluding tert-OH is 1. The fraction of sp³-hybridized carbons (Fsp3) is 0.467. The zero-order valence-electron chi connectivity index (χ0n) is 11.1. The molecule has 0 spiro atoms. The topological polar surface area (TPSA) is 45.8 Å². The molecule has 1 fully saturated rings. The normalized spacial score (nSPS) is 17.8. The Kier molecular flexibility index (Phi) is 3.31. The summed E-state index contributed by atoms with van der Waals surface area (Å²) < 4.78 is 10.8. The van der Waals surface area contributed by atoms with Crippen LogP contribution in [0.4, 0.5) is 0 Å². The van der Waals surface area contributed by atoms with Gasteiger partial charge in [-0.2, -0.15) is 0 Å². The lowest BCUT2D eigenvalue weighted by atomic mass is 9.86. The SMILES string of the molecule is CN(Cc1coc2ccccc12)CC1(CO)COC1. The number of hydrogen-bond donors (Lipinski definition) is 1. The van der Waals surface area contributed by atoms with Crippen LogP contribution in [0.3, 0.4) is 0 Å². The van der Waals surface area contributed by atoms with Crippen molar-refractivity contribution in [3.63, 3.8) is 0 Å². The molecule has 3 rings (SSSR count). The maximum Gasteiger partial charge on any atom is 0.134 e. The van der Waals surface area contributed by atoms with E-state index in [4.69, 9.17) is 9.15 Å². The molecular weight excluding hydrogens is 242 g/mol. The second-order valence-corrected chi connectivity index (χ2v) is 5.58. The molecule has 4 nitrogen and oxygen atoms in total. The third-order valence-electron chi connectivity index (χ3n) is 3.76. The molecule has 1 aliphatic heterocycles. The monoisotopic (exact) mass is 261 g/mol. The van der Waals surface area contributed by atoms with E-state index < -0.39 is 0 Å². The van der Waals surface area contributed by atoms with Crippen molar-refractivity contribution in [1.82, 2.24) is 4.90 Å². The number of hydrogen-bond acceptors (Lipinski definition) is 4. The smallest absolute Gasteiger partial charge is 0.134 e. The molecule has 1 aliphatic rings. The van der Waals surface area contributed by atoms with Gasteiger partial charge >= 0.3 is 0 Å². The number of para-hydroxylation sites is 1. The Morgan fingerprint density at radius 1 is 1.32 bits per heavy atom. The van der Waals surface area contributed by atoms with Crippen LogP contribution in [0.5, 0.6) is 0 Å². The fourth-order valence-corrected chi connectivity index (χ4v) is 2.70. The van der Waals surface area contributed by atoms with Crippen LogP contribution >= 0.6 is 0 Å². The Labute approximate surface area is 112 Å². The van der Waals surface area contributed by atoms with Gasteiger partial charge in [-0.05, 0) is 13.1 Å². The van der Waals surface area contributed by atoms with E-state index in [2.05, 4.69) is 18.0 Å². The van der Waals surface area contributed by atoms with E-state index in [-0.39, 0.29) is 12.0 Å². The van der Waals surface area contributed by atoms with Crippen LogP contribution in [0.2, 0.25) is 0 Å². The summed E-state index contributed by atoms with van der Waals surface area (Å²) in [5.41, 5.74) is 2.04. The first-order valence-corrected chi connectivity index (χ1v) is 6.55. The van der Waals surface area contributed by atoms with Crippen LogP contribution in [0, 0.1) is 5.41 Å². The Bertz CT molecular complexity index is 554. The van der Waals surface area contributed by atoms with Crippen molar-refractivity contribution in [1.29, 1.82) is 0 Å². The summed E-state index contributed by atoms with van der Waals surface area (Å²) in [4.78, 5) is 2.22. The molecule has 0 bridgehead atoms. The summed E-state index contributed by atoms with van der Waals surface area (Å²) in [7, 11) is 2.07. The lowest BCUT2D eigenvalue weighted by molar-refractivity contribution is -0.147. The molecule has 19 heavy (non-hydrogen) atoms. The quantitative estimate of drug-likeness (QED) is 0.892. The van der Waals surface area contributed by atoms with Crippen molar-refractivity contribution in [3.05, 3.63) is 36.1 Å². The first-order chi connectivity index (χ1) is 9.22. The van der Waals surface area contributed by atoms with E-state index in [9.17, 15) is 5.11 Å². The second-order valence-electron chi connectivity index (χ2n) is 5.58. The van der Waals surface area contributed by atoms with Gasteiger partial charge in [0, 0.05) is 24.0 Å². The van der Waals surface area contributed by atoms with Crippen molar-refractivity contribution >= 4 is 11.0 Å². The molecule has 0 saturated carbocycles. The highest BCUT2D eigenvalue weighted by Gasteiger charge is 2.38. The zero-order chi connectivity index (χ0) is 13.3. The Morgan fingerprint density at radius 3 is 2.79 bits per heavy atom. The third kappa shape index (κ3) is 2.39. The molecule has 4 heteroatoms. The van der Waals surface area contributed by atoms with Gasteiger partial charge in [0.1, 0.15) is 5.58 Å². The van der Waals surface area contributed by atoms with Crippen molar-refractivity contribution in [2.75, 3.05) is 33.4 Å². The summed E-state index contributed by atoms with van der Waals surface area (Å²) in [6.07, 6.45) is 1.82. The maximum absolute atomic E-state index is 9.46. The average Bonchev–Trinajstić information content (AvgIpc) is 2.78. The minimum Gasteiger partial charge on any atom is -0.464 e. The molecule has 1 aromatic carbocycles. The maximum atomic E-state index is 9.46. The van der Waals surface area contributed by atoms with Gasteiger partial charge in [-0.25, -0.2) is 0 Å². The molecule has 1 aromatic heterocycles. The summed E-state index contributed by atoms with van der Waals surface area (Å²) in [5, 5.41) is 10.6. The van der Waals surface area contributed by atoms with Gasteiger partial charge < -0.3 is 19.2 Å². The molecule has 2 aromatic rings. The van der Waals surface area contributed by atoms with Gasteiger partial charge in [-0.15, -0.1) is 0 Å². The van der Waals surface area contributed by atoms with Gasteiger partial charge in [0.05, 0.1) is 31.5 Å². The molecule has 2 heterocycles. The number of nitrogens with zero attached hydrogens (tertiary/aromatic N) is 1. The number of ether oxygens (including phenoxy) is 1. The van der Waals surface area contributed by atoms with Crippen LogP contribution in [0.25, 0.3) is 11.0 Å². The van der Waals surface area contributed by atoms with Crippen LogP contribution in [0.1, 0.15) is 5.56 Å². The predicted octanol–water partition coefficient (Wildman–Crippen LogP) is 1.87. The average molecular weight is 261 g/mol. The van der Waals surface area contributed by atoms with E-state index in [0.29, 0.717) is 13.2 Å². The number of fused-ring (bicyclic) bond motifs is 1. The van der Waals surface area contributed by atoms with Crippen molar-refractivity contribution in [3.8, 4) is 0 Å². The van der Waals surface area contributed by atoms with E-state index in [1.807, 2.05) is 24.5 Å². The van der Waals surface area contributed by atoms with E-state index in [0.717, 1.165) is 24.1 Å². The number of rotatable bonds is 5. The molecule has 1 saturated heterocycles. The molecule has 0 unspecified atom stereocenters. The summed E-state index contributed by atoms with van der Waals surface area (Å²) >= 11 is 0. The van der Waals surface area contributed by atoms with Gasteiger partial charge in [0.2, 0.25) is 0 Å². The lowest BCUT2D eigenvalue weighted by Gasteiger charge is -2.42.